The number of para-hydroxylation sites is 1. The lowest BCUT2D eigenvalue weighted by Crippen LogP contribution is -1.91. The number of thioether (sulfide) groups is 1. The quantitative estimate of drug-likeness (QED) is 0.472. The number of rotatable bonds is 4. The van der Waals surface area contributed by atoms with Crippen molar-refractivity contribution in [3.05, 3.63) is 58.6 Å². The summed E-state index contributed by atoms with van der Waals surface area (Å²) < 4.78 is 5.69. The monoisotopic (exact) mass is 261 g/mol. The van der Waals surface area contributed by atoms with Crippen LogP contribution in [-0.2, 0) is 0 Å². The van der Waals surface area contributed by atoms with Gasteiger partial charge in [0.1, 0.15) is 11.5 Å². The molecule has 0 aliphatic heterocycles. The summed E-state index contributed by atoms with van der Waals surface area (Å²) in [4.78, 5) is 11.0. The van der Waals surface area contributed by atoms with Crippen LogP contribution < -0.4 is 4.74 Å². The third-order valence-electron chi connectivity index (χ3n) is 2.33. The third kappa shape index (κ3) is 2.81. The molecule has 0 saturated carbocycles. The summed E-state index contributed by atoms with van der Waals surface area (Å²) in [6, 6.07) is 13.9. The van der Waals surface area contributed by atoms with Crippen molar-refractivity contribution in [1.82, 2.24) is 0 Å². The highest BCUT2D eigenvalue weighted by atomic mass is 32.2. The first-order chi connectivity index (χ1) is 8.70. The molecule has 0 aliphatic carbocycles. The number of nitro groups is 1. The highest BCUT2D eigenvalue weighted by Gasteiger charge is 2.11. The van der Waals surface area contributed by atoms with Crippen LogP contribution in [0.2, 0.25) is 0 Å². The van der Waals surface area contributed by atoms with Gasteiger partial charge in [-0.05, 0) is 24.5 Å². The van der Waals surface area contributed by atoms with E-state index in [1.807, 2.05) is 36.6 Å². The molecule has 0 N–H and O–H groups in total. The Morgan fingerprint density at radius 3 is 2.50 bits per heavy atom. The van der Waals surface area contributed by atoms with Gasteiger partial charge in [0.2, 0.25) is 0 Å². The maximum absolute atomic E-state index is 10.7. The van der Waals surface area contributed by atoms with Gasteiger partial charge in [0, 0.05) is 12.1 Å². The highest BCUT2D eigenvalue weighted by molar-refractivity contribution is 7.98. The summed E-state index contributed by atoms with van der Waals surface area (Å²) >= 11 is 1.42. The maximum atomic E-state index is 10.7. The van der Waals surface area contributed by atoms with Crippen molar-refractivity contribution in [2.75, 3.05) is 6.26 Å². The molecule has 18 heavy (non-hydrogen) atoms. The average molecular weight is 261 g/mol. The number of hydrogen-bond acceptors (Lipinski definition) is 4. The summed E-state index contributed by atoms with van der Waals surface area (Å²) in [5.41, 5.74) is 0.0692. The second-order valence-electron chi connectivity index (χ2n) is 3.51. The largest absolute Gasteiger partial charge is 0.456 e. The molecule has 0 amide bonds. The third-order valence-corrected chi connectivity index (χ3v) is 3.09. The molecule has 0 atom stereocenters. The van der Waals surface area contributed by atoms with Crippen molar-refractivity contribution in [2.24, 2.45) is 0 Å². The van der Waals surface area contributed by atoms with Crippen LogP contribution >= 0.6 is 11.8 Å². The minimum absolute atomic E-state index is 0.0692. The first-order valence-electron chi connectivity index (χ1n) is 5.26. The fourth-order valence-electron chi connectivity index (χ4n) is 1.47. The molecule has 0 aliphatic rings. The standard InChI is InChI=1S/C13H11NO3S/c1-18-13-9-10(14(15)16)7-8-12(13)17-11-5-3-2-4-6-11/h2-9H,1H3. The lowest BCUT2D eigenvalue weighted by atomic mass is 10.3. The Morgan fingerprint density at radius 2 is 1.89 bits per heavy atom. The van der Waals surface area contributed by atoms with Crippen molar-refractivity contribution in [1.29, 1.82) is 0 Å². The van der Waals surface area contributed by atoms with E-state index in [9.17, 15) is 10.1 Å². The van der Waals surface area contributed by atoms with Crippen LogP contribution in [0.5, 0.6) is 11.5 Å². The summed E-state index contributed by atoms with van der Waals surface area (Å²) in [6.07, 6.45) is 1.86. The van der Waals surface area contributed by atoms with Crippen LogP contribution in [0.4, 0.5) is 5.69 Å². The molecule has 2 rings (SSSR count). The smallest absolute Gasteiger partial charge is 0.270 e. The molecule has 92 valence electrons. The predicted octanol–water partition coefficient (Wildman–Crippen LogP) is 4.11. The second kappa shape index (κ2) is 5.55. The number of hydrogen-bond donors (Lipinski definition) is 0. The van der Waals surface area contributed by atoms with Crippen molar-refractivity contribution < 1.29 is 9.66 Å². The Bertz CT molecular complexity index is 557. The zero-order chi connectivity index (χ0) is 13.0. The zero-order valence-corrected chi connectivity index (χ0v) is 10.5. The van der Waals surface area contributed by atoms with Gasteiger partial charge >= 0.3 is 0 Å². The van der Waals surface area contributed by atoms with E-state index in [4.69, 9.17) is 4.74 Å². The summed E-state index contributed by atoms with van der Waals surface area (Å²) in [7, 11) is 0. The average Bonchev–Trinajstić information content (AvgIpc) is 2.40. The Morgan fingerprint density at radius 1 is 1.17 bits per heavy atom. The summed E-state index contributed by atoms with van der Waals surface area (Å²) in [5.74, 6) is 1.33. The SMILES string of the molecule is CSc1cc([N+](=O)[O-])ccc1Oc1ccccc1. The zero-order valence-electron chi connectivity index (χ0n) is 9.70. The van der Waals surface area contributed by atoms with E-state index in [1.165, 1.54) is 23.9 Å². The van der Waals surface area contributed by atoms with Gasteiger partial charge in [-0.2, -0.15) is 0 Å². The molecule has 5 heteroatoms. The van der Waals surface area contributed by atoms with E-state index in [0.717, 1.165) is 4.90 Å². The summed E-state index contributed by atoms with van der Waals surface area (Å²) in [6.45, 7) is 0. The van der Waals surface area contributed by atoms with Crippen molar-refractivity contribution in [2.45, 2.75) is 4.90 Å². The van der Waals surface area contributed by atoms with Crippen molar-refractivity contribution in [3.63, 3.8) is 0 Å². The van der Waals surface area contributed by atoms with E-state index in [-0.39, 0.29) is 5.69 Å². The van der Waals surface area contributed by atoms with Crippen molar-refractivity contribution in [3.8, 4) is 11.5 Å². The van der Waals surface area contributed by atoms with Gasteiger partial charge in [-0.15, -0.1) is 11.8 Å². The van der Waals surface area contributed by atoms with E-state index in [1.54, 1.807) is 6.07 Å². The second-order valence-corrected chi connectivity index (χ2v) is 4.36. The lowest BCUT2D eigenvalue weighted by Gasteiger charge is -2.09. The first kappa shape index (κ1) is 12.4. The number of ether oxygens (including phenoxy) is 1. The Hall–Kier alpha value is -2.01. The molecular weight excluding hydrogens is 250 g/mol. The van der Waals surface area contributed by atoms with Crippen molar-refractivity contribution >= 4 is 17.4 Å². The van der Waals surface area contributed by atoms with Gasteiger partial charge in [-0.3, -0.25) is 10.1 Å². The van der Waals surface area contributed by atoms with E-state index < -0.39 is 4.92 Å². The van der Waals surface area contributed by atoms with E-state index in [0.29, 0.717) is 11.5 Å². The fourth-order valence-corrected chi connectivity index (χ4v) is 2.02. The Labute approximate surface area is 109 Å². The van der Waals surface area contributed by atoms with E-state index >= 15 is 0 Å². The molecule has 0 bridgehead atoms. The molecule has 0 saturated heterocycles. The molecule has 0 fully saturated rings. The van der Waals surface area contributed by atoms with Crippen LogP contribution in [0.25, 0.3) is 0 Å². The Kier molecular flexibility index (Phi) is 3.84. The van der Waals surface area contributed by atoms with Crippen LogP contribution in [0.1, 0.15) is 0 Å². The number of nitro benzene ring substituents is 1. The van der Waals surface area contributed by atoms with Gasteiger partial charge in [0.25, 0.3) is 5.69 Å². The van der Waals surface area contributed by atoms with Crippen LogP contribution in [0, 0.1) is 10.1 Å². The topological polar surface area (TPSA) is 52.4 Å². The molecule has 0 spiro atoms. The molecule has 4 nitrogen and oxygen atoms in total. The molecule has 2 aromatic carbocycles. The molecular formula is C13H11NO3S. The molecule has 0 heterocycles. The lowest BCUT2D eigenvalue weighted by molar-refractivity contribution is -0.385. The highest BCUT2D eigenvalue weighted by Crippen LogP contribution is 2.34. The minimum Gasteiger partial charge on any atom is -0.456 e. The van der Waals surface area contributed by atoms with Crippen LogP contribution in [0.15, 0.2) is 53.4 Å². The number of non-ortho nitro benzene ring substituents is 1. The van der Waals surface area contributed by atoms with Gasteiger partial charge < -0.3 is 4.74 Å². The first-order valence-corrected chi connectivity index (χ1v) is 6.48. The Balaban J connectivity index is 2.31. The molecule has 2 aromatic rings. The predicted molar refractivity (Wildman–Crippen MR) is 71.4 cm³/mol. The van der Waals surface area contributed by atoms with E-state index in [2.05, 4.69) is 0 Å². The number of nitrogens with zero attached hydrogens (tertiary/aromatic N) is 1. The fraction of sp³-hybridized carbons (Fsp3) is 0.0769. The normalized spacial score (nSPS) is 10.1. The van der Waals surface area contributed by atoms with Gasteiger partial charge in [-0.1, -0.05) is 18.2 Å². The van der Waals surface area contributed by atoms with Crippen LogP contribution in [0.3, 0.4) is 0 Å². The minimum atomic E-state index is -0.411. The van der Waals surface area contributed by atoms with Gasteiger partial charge in [0.05, 0.1) is 9.82 Å². The summed E-state index contributed by atoms with van der Waals surface area (Å²) in [5, 5.41) is 10.7. The molecule has 0 unspecified atom stereocenters. The number of benzene rings is 2. The maximum Gasteiger partial charge on any atom is 0.270 e. The van der Waals surface area contributed by atoms with Crippen LogP contribution in [-0.4, -0.2) is 11.2 Å². The van der Waals surface area contributed by atoms with Gasteiger partial charge in [-0.25, -0.2) is 0 Å². The molecule has 0 aromatic heterocycles. The molecule has 0 radical (unpaired) electrons. The van der Waals surface area contributed by atoms with Gasteiger partial charge in [0.15, 0.2) is 0 Å².